The first-order chi connectivity index (χ1) is 11.5. The van der Waals surface area contributed by atoms with Crippen LogP contribution in [0.1, 0.15) is 22.8 Å². The number of esters is 1. The van der Waals surface area contributed by atoms with Gasteiger partial charge in [-0.25, -0.2) is 4.79 Å². The number of amides is 1. The molecule has 1 aliphatic heterocycles. The second-order valence-electron chi connectivity index (χ2n) is 5.85. The van der Waals surface area contributed by atoms with Crippen molar-refractivity contribution in [3.8, 4) is 5.75 Å². The van der Waals surface area contributed by atoms with Crippen molar-refractivity contribution in [2.45, 2.75) is 13.5 Å². The quantitative estimate of drug-likeness (QED) is 0.734. The summed E-state index contributed by atoms with van der Waals surface area (Å²) in [7, 11) is 1.29. The molecule has 0 aliphatic carbocycles. The Balaban J connectivity index is 1.88. The fourth-order valence-electron chi connectivity index (χ4n) is 2.77. The average Bonchev–Trinajstić information content (AvgIpc) is 2.58. The standard InChI is InChI=1S/C17H25N3O4/c1-3-18-16(22)12-20-8-6-19(7-9-20)11-13-4-5-15(21)14(10-13)17(23)24-2/h4-5,10,21H,3,6-9,11-12H2,1-2H3,(H,18,22). The Morgan fingerprint density at radius 1 is 1.21 bits per heavy atom. The summed E-state index contributed by atoms with van der Waals surface area (Å²) >= 11 is 0. The van der Waals surface area contributed by atoms with Gasteiger partial charge in [-0.15, -0.1) is 0 Å². The van der Waals surface area contributed by atoms with Crippen molar-refractivity contribution >= 4 is 11.9 Å². The van der Waals surface area contributed by atoms with Crippen LogP contribution in [0.4, 0.5) is 0 Å². The molecule has 0 atom stereocenters. The monoisotopic (exact) mass is 335 g/mol. The van der Waals surface area contributed by atoms with Gasteiger partial charge < -0.3 is 15.2 Å². The van der Waals surface area contributed by atoms with Crippen LogP contribution in [0.2, 0.25) is 0 Å². The summed E-state index contributed by atoms with van der Waals surface area (Å²) in [5.74, 6) is -0.550. The minimum Gasteiger partial charge on any atom is -0.507 e. The molecule has 24 heavy (non-hydrogen) atoms. The van der Waals surface area contributed by atoms with E-state index < -0.39 is 5.97 Å². The number of hydrogen-bond donors (Lipinski definition) is 2. The molecule has 0 spiro atoms. The van der Waals surface area contributed by atoms with Crippen molar-refractivity contribution < 1.29 is 19.4 Å². The highest BCUT2D eigenvalue weighted by atomic mass is 16.5. The summed E-state index contributed by atoms with van der Waals surface area (Å²) in [5, 5.41) is 12.6. The van der Waals surface area contributed by atoms with Crippen LogP contribution in [0.25, 0.3) is 0 Å². The van der Waals surface area contributed by atoms with Crippen LogP contribution in [0.5, 0.6) is 5.75 Å². The number of hydrogen-bond acceptors (Lipinski definition) is 6. The maximum absolute atomic E-state index is 11.6. The van der Waals surface area contributed by atoms with Gasteiger partial charge in [0.05, 0.1) is 13.7 Å². The van der Waals surface area contributed by atoms with E-state index in [0.29, 0.717) is 19.6 Å². The van der Waals surface area contributed by atoms with Crippen molar-refractivity contribution in [3.63, 3.8) is 0 Å². The Labute approximate surface area is 142 Å². The van der Waals surface area contributed by atoms with Crippen LogP contribution in [0, 0.1) is 0 Å². The van der Waals surface area contributed by atoms with Crippen molar-refractivity contribution in [2.75, 3.05) is 46.4 Å². The van der Waals surface area contributed by atoms with Gasteiger partial charge >= 0.3 is 5.97 Å². The lowest BCUT2D eigenvalue weighted by Gasteiger charge is -2.34. The van der Waals surface area contributed by atoms with Crippen LogP contribution in [-0.4, -0.2) is 73.2 Å². The van der Waals surface area contributed by atoms with Gasteiger partial charge in [0.2, 0.25) is 5.91 Å². The minimum atomic E-state index is -0.541. The lowest BCUT2D eigenvalue weighted by molar-refractivity contribution is -0.122. The highest BCUT2D eigenvalue weighted by molar-refractivity contribution is 5.92. The second kappa shape index (κ2) is 8.65. The van der Waals surface area contributed by atoms with Crippen molar-refractivity contribution in [3.05, 3.63) is 29.3 Å². The molecule has 0 saturated carbocycles. The molecule has 1 saturated heterocycles. The van der Waals surface area contributed by atoms with Crippen LogP contribution >= 0.6 is 0 Å². The van der Waals surface area contributed by atoms with Crippen molar-refractivity contribution in [1.82, 2.24) is 15.1 Å². The van der Waals surface area contributed by atoms with Gasteiger partial charge in [-0.1, -0.05) is 6.07 Å². The van der Waals surface area contributed by atoms with Crippen molar-refractivity contribution in [2.24, 2.45) is 0 Å². The number of phenols is 1. The van der Waals surface area contributed by atoms with Gasteiger partial charge in [-0.3, -0.25) is 14.6 Å². The molecule has 132 valence electrons. The molecular formula is C17H25N3O4. The van der Waals surface area contributed by atoms with Crippen LogP contribution in [0.3, 0.4) is 0 Å². The Morgan fingerprint density at radius 2 is 1.88 bits per heavy atom. The Hall–Kier alpha value is -2.12. The molecular weight excluding hydrogens is 310 g/mol. The van der Waals surface area contributed by atoms with Crippen molar-refractivity contribution in [1.29, 1.82) is 0 Å². The zero-order chi connectivity index (χ0) is 17.5. The molecule has 1 heterocycles. The summed E-state index contributed by atoms with van der Waals surface area (Å²) in [6, 6.07) is 5.00. The summed E-state index contributed by atoms with van der Waals surface area (Å²) in [6.07, 6.45) is 0. The van der Waals surface area contributed by atoms with E-state index in [2.05, 4.69) is 19.9 Å². The number of likely N-dealkylation sites (N-methyl/N-ethyl adjacent to an activating group) is 1. The summed E-state index contributed by atoms with van der Waals surface area (Å²) < 4.78 is 4.68. The predicted octanol–water partition coefficient (Wildman–Crippen LogP) is 0.433. The van der Waals surface area contributed by atoms with E-state index in [0.717, 1.165) is 31.7 Å². The highest BCUT2D eigenvalue weighted by Gasteiger charge is 2.19. The van der Waals surface area contributed by atoms with Gasteiger partial charge in [0.1, 0.15) is 11.3 Å². The third-order valence-corrected chi connectivity index (χ3v) is 4.08. The molecule has 1 aromatic carbocycles. The Morgan fingerprint density at radius 3 is 2.50 bits per heavy atom. The number of benzene rings is 1. The van der Waals surface area contributed by atoms with E-state index in [1.54, 1.807) is 6.07 Å². The zero-order valence-corrected chi connectivity index (χ0v) is 14.2. The van der Waals surface area contributed by atoms with Gasteiger partial charge in [0.15, 0.2) is 0 Å². The average molecular weight is 335 g/mol. The topological polar surface area (TPSA) is 82.1 Å². The van der Waals surface area contributed by atoms with Gasteiger partial charge in [-0.05, 0) is 24.6 Å². The number of piperazine rings is 1. The molecule has 0 aromatic heterocycles. The lowest BCUT2D eigenvalue weighted by Crippen LogP contribution is -2.49. The SMILES string of the molecule is CCNC(=O)CN1CCN(Cc2ccc(O)c(C(=O)OC)c2)CC1. The van der Waals surface area contributed by atoms with E-state index in [9.17, 15) is 14.7 Å². The molecule has 7 heteroatoms. The first-order valence-corrected chi connectivity index (χ1v) is 8.15. The smallest absolute Gasteiger partial charge is 0.341 e. The largest absolute Gasteiger partial charge is 0.507 e. The normalized spacial score (nSPS) is 15.9. The number of carbonyl (C=O) groups is 2. The number of nitrogens with one attached hydrogen (secondary N) is 1. The highest BCUT2D eigenvalue weighted by Crippen LogP contribution is 2.20. The third kappa shape index (κ3) is 4.94. The number of aromatic hydroxyl groups is 1. The van der Waals surface area contributed by atoms with Gasteiger partial charge in [-0.2, -0.15) is 0 Å². The van der Waals surface area contributed by atoms with E-state index in [1.807, 2.05) is 13.0 Å². The molecule has 1 amide bonds. The lowest BCUT2D eigenvalue weighted by atomic mass is 10.1. The van der Waals surface area contributed by atoms with Gasteiger partial charge in [0, 0.05) is 39.3 Å². The molecule has 7 nitrogen and oxygen atoms in total. The fraction of sp³-hybridized carbons (Fsp3) is 0.529. The molecule has 2 N–H and O–H groups in total. The van der Waals surface area contributed by atoms with Crippen LogP contribution in [-0.2, 0) is 16.1 Å². The summed E-state index contributed by atoms with van der Waals surface area (Å²) in [6.45, 7) is 7.07. The molecule has 1 aliphatic rings. The number of phenolic OH excluding ortho intramolecular Hbond substituents is 1. The van der Waals surface area contributed by atoms with E-state index >= 15 is 0 Å². The predicted molar refractivity (Wildman–Crippen MR) is 89.8 cm³/mol. The molecule has 1 aromatic rings. The van der Waals surface area contributed by atoms with Crippen LogP contribution < -0.4 is 5.32 Å². The maximum atomic E-state index is 11.6. The molecule has 0 bridgehead atoms. The van der Waals surface area contributed by atoms with E-state index in [-0.39, 0.29) is 17.2 Å². The maximum Gasteiger partial charge on any atom is 0.341 e. The molecule has 0 unspecified atom stereocenters. The number of carbonyl (C=O) groups excluding carboxylic acids is 2. The Bertz CT molecular complexity index is 583. The number of nitrogens with zero attached hydrogens (tertiary/aromatic N) is 2. The third-order valence-electron chi connectivity index (χ3n) is 4.08. The van der Waals surface area contributed by atoms with E-state index in [1.165, 1.54) is 13.2 Å². The summed E-state index contributed by atoms with van der Waals surface area (Å²) in [4.78, 5) is 27.7. The molecule has 1 fully saturated rings. The van der Waals surface area contributed by atoms with Crippen LogP contribution in [0.15, 0.2) is 18.2 Å². The first kappa shape index (κ1) is 18.2. The zero-order valence-electron chi connectivity index (χ0n) is 14.2. The first-order valence-electron chi connectivity index (χ1n) is 8.15. The second-order valence-corrected chi connectivity index (χ2v) is 5.85. The number of methoxy groups -OCH3 is 1. The Kier molecular flexibility index (Phi) is 6.57. The fourth-order valence-corrected chi connectivity index (χ4v) is 2.77. The van der Waals surface area contributed by atoms with E-state index in [4.69, 9.17) is 0 Å². The minimum absolute atomic E-state index is 0.0622. The number of ether oxygens (including phenoxy) is 1. The van der Waals surface area contributed by atoms with Gasteiger partial charge in [0.25, 0.3) is 0 Å². The summed E-state index contributed by atoms with van der Waals surface area (Å²) in [5.41, 5.74) is 1.13. The number of rotatable bonds is 6. The molecule has 0 radical (unpaired) electrons. The molecule has 2 rings (SSSR count).